The molecule has 0 atom stereocenters. The molecule has 0 radical (unpaired) electrons. The predicted molar refractivity (Wildman–Crippen MR) is 70.1 cm³/mol. The summed E-state index contributed by atoms with van der Waals surface area (Å²) >= 11 is 0. The van der Waals surface area contributed by atoms with E-state index in [9.17, 15) is 9.59 Å². The van der Waals surface area contributed by atoms with Gasteiger partial charge in [-0.05, 0) is 24.7 Å². The molecule has 100 valence electrons. The molecular weight excluding hydrogens is 244 g/mol. The molecule has 1 aromatic rings. The van der Waals surface area contributed by atoms with Gasteiger partial charge in [0.2, 0.25) is 5.91 Å². The van der Waals surface area contributed by atoms with Crippen LogP contribution >= 0.6 is 0 Å². The summed E-state index contributed by atoms with van der Waals surface area (Å²) in [7, 11) is 3.21. The molecule has 0 aliphatic carbocycles. The molecule has 0 unspecified atom stereocenters. The number of amides is 3. The van der Waals surface area contributed by atoms with E-state index in [1.54, 1.807) is 30.1 Å². The molecule has 0 aliphatic rings. The van der Waals surface area contributed by atoms with Crippen LogP contribution in [0.4, 0.5) is 4.79 Å². The first-order valence-corrected chi connectivity index (χ1v) is 5.74. The van der Waals surface area contributed by atoms with Crippen molar-refractivity contribution in [2.75, 3.05) is 20.6 Å². The Morgan fingerprint density at radius 2 is 2.16 bits per heavy atom. The Kier molecular flexibility index (Phi) is 5.51. The maximum atomic E-state index is 11.5. The zero-order valence-corrected chi connectivity index (χ0v) is 10.9. The average Bonchev–Trinajstić information content (AvgIpc) is 2.38. The third kappa shape index (κ3) is 5.19. The number of nitrogens with zero attached hydrogens (tertiary/aromatic N) is 2. The second kappa shape index (κ2) is 7.13. The maximum absolute atomic E-state index is 11.5. The number of nitrogens with one attached hydrogen (secondary N) is 2. The van der Waals surface area contributed by atoms with Gasteiger partial charge in [-0.2, -0.15) is 5.26 Å². The zero-order valence-electron chi connectivity index (χ0n) is 10.9. The molecule has 2 N–H and O–H groups in total. The highest BCUT2D eigenvalue weighted by molar-refractivity contribution is 5.95. The number of urea groups is 1. The van der Waals surface area contributed by atoms with Crippen molar-refractivity contribution < 1.29 is 9.59 Å². The minimum Gasteiger partial charge on any atom is -0.341 e. The molecule has 1 aromatic carbocycles. The average molecular weight is 260 g/mol. The number of imide groups is 1. The molecule has 6 nitrogen and oxygen atoms in total. The summed E-state index contributed by atoms with van der Waals surface area (Å²) < 4.78 is 0. The number of likely N-dealkylation sites (N-methyl/N-ethyl adjacent to an activating group) is 1. The molecule has 0 saturated heterocycles. The third-order valence-electron chi connectivity index (χ3n) is 2.40. The van der Waals surface area contributed by atoms with Crippen LogP contribution < -0.4 is 10.6 Å². The minimum atomic E-state index is -0.523. The third-order valence-corrected chi connectivity index (χ3v) is 2.40. The van der Waals surface area contributed by atoms with Crippen molar-refractivity contribution in [3.63, 3.8) is 0 Å². The van der Waals surface area contributed by atoms with Crippen molar-refractivity contribution in [1.29, 1.82) is 5.26 Å². The van der Waals surface area contributed by atoms with Crippen molar-refractivity contribution in [1.82, 2.24) is 15.5 Å². The molecule has 0 aromatic heterocycles. The van der Waals surface area contributed by atoms with Crippen LogP contribution in [0.2, 0.25) is 0 Å². The van der Waals surface area contributed by atoms with Crippen LogP contribution in [0.3, 0.4) is 0 Å². The molecule has 0 spiro atoms. The van der Waals surface area contributed by atoms with Gasteiger partial charge in [-0.1, -0.05) is 12.1 Å². The standard InChI is InChI=1S/C13H16N4O2/c1-15-13(19)16-12(18)9-17(2)8-11-5-3-4-10(6-11)7-14/h3-6H,8-9H2,1-2H3,(H2,15,16,18,19). The number of carbonyl (C=O) groups excluding carboxylic acids is 2. The van der Waals surface area contributed by atoms with Gasteiger partial charge in [-0.3, -0.25) is 15.0 Å². The van der Waals surface area contributed by atoms with Crippen LogP contribution in [0.15, 0.2) is 24.3 Å². The number of nitriles is 1. The molecule has 0 saturated carbocycles. The van der Waals surface area contributed by atoms with Gasteiger partial charge in [-0.25, -0.2) is 4.79 Å². The van der Waals surface area contributed by atoms with E-state index in [0.29, 0.717) is 12.1 Å². The van der Waals surface area contributed by atoms with Crippen LogP contribution in [0.1, 0.15) is 11.1 Å². The minimum absolute atomic E-state index is 0.101. The van der Waals surface area contributed by atoms with Gasteiger partial charge < -0.3 is 5.32 Å². The number of hydrogen-bond donors (Lipinski definition) is 2. The predicted octanol–water partition coefficient (Wildman–Crippen LogP) is 0.446. The van der Waals surface area contributed by atoms with E-state index in [-0.39, 0.29) is 12.5 Å². The Bertz CT molecular complexity index is 508. The van der Waals surface area contributed by atoms with Crippen molar-refractivity contribution in [3.8, 4) is 6.07 Å². The Balaban J connectivity index is 2.51. The van der Waals surface area contributed by atoms with E-state index in [0.717, 1.165) is 5.56 Å². The lowest BCUT2D eigenvalue weighted by Crippen LogP contribution is -2.42. The van der Waals surface area contributed by atoms with Gasteiger partial charge in [-0.15, -0.1) is 0 Å². The topological polar surface area (TPSA) is 85.2 Å². The van der Waals surface area contributed by atoms with E-state index >= 15 is 0 Å². The summed E-state index contributed by atoms with van der Waals surface area (Å²) in [6.45, 7) is 0.626. The van der Waals surface area contributed by atoms with E-state index in [1.807, 2.05) is 6.07 Å². The van der Waals surface area contributed by atoms with E-state index in [2.05, 4.69) is 16.7 Å². The first-order chi connectivity index (χ1) is 9.05. The van der Waals surface area contributed by atoms with Crippen molar-refractivity contribution in [2.24, 2.45) is 0 Å². The van der Waals surface area contributed by atoms with Gasteiger partial charge >= 0.3 is 6.03 Å². The highest BCUT2D eigenvalue weighted by Crippen LogP contribution is 2.06. The zero-order chi connectivity index (χ0) is 14.3. The lowest BCUT2D eigenvalue weighted by Gasteiger charge is -2.16. The summed E-state index contributed by atoms with van der Waals surface area (Å²) in [5, 5.41) is 13.3. The summed E-state index contributed by atoms with van der Waals surface area (Å²) in [5.74, 6) is -0.377. The van der Waals surface area contributed by atoms with Crippen LogP contribution in [-0.2, 0) is 11.3 Å². The Morgan fingerprint density at radius 3 is 2.79 bits per heavy atom. The number of hydrogen-bond acceptors (Lipinski definition) is 4. The maximum Gasteiger partial charge on any atom is 0.321 e. The van der Waals surface area contributed by atoms with Crippen LogP contribution in [-0.4, -0.2) is 37.5 Å². The highest BCUT2D eigenvalue weighted by atomic mass is 16.2. The smallest absolute Gasteiger partial charge is 0.321 e. The summed E-state index contributed by atoms with van der Waals surface area (Å²) in [5.41, 5.74) is 1.52. The SMILES string of the molecule is CNC(=O)NC(=O)CN(C)Cc1cccc(C#N)c1. The molecular formula is C13H16N4O2. The van der Waals surface area contributed by atoms with Gasteiger partial charge in [0.15, 0.2) is 0 Å². The van der Waals surface area contributed by atoms with E-state index in [1.165, 1.54) is 7.05 Å². The Hall–Kier alpha value is -2.39. The molecule has 0 fully saturated rings. The fourth-order valence-electron chi connectivity index (χ4n) is 1.58. The molecule has 0 bridgehead atoms. The van der Waals surface area contributed by atoms with Crippen molar-refractivity contribution in [3.05, 3.63) is 35.4 Å². The first kappa shape index (κ1) is 14.7. The monoisotopic (exact) mass is 260 g/mol. The molecule has 0 aliphatic heterocycles. The fourth-order valence-corrected chi connectivity index (χ4v) is 1.58. The fraction of sp³-hybridized carbons (Fsp3) is 0.308. The normalized spacial score (nSPS) is 9.79. The van der Waals surface area contributed by atoms with Crippen molar-refractivity contribution in [2.45, 2.75) is 6.54 Å². The second-order valence-corrected chi connectivity index (χ2v) is 4.11. The number of carbonyl (C=O) groups is 2. The van der Waals surface area contributed by atoms with E-state index < -0.39 is 6.03 Å². The Labute approximate surface area is 112 Å². The summed E-state index contributed by atoms with van der Waals surface area (Å²) in [6, 6.07) is 8.72. The van der Waals surface area contributed by atoms with E-state index in [4.69, 9.17) is 5.26 Å². The van der Waals surface area contributed by atoms with Gasteiger partial charge in [0.1, 0.15) is 0 Å². The van der Waals surface area contributed by atoms with Crippen LogP contribution in [0.5, 0.6) is 0 Å². The highest BCUT2D eigenvalue weighted by Gasteiger charge is 2.09. The molecule has 0 heterocycles. The molecule has 3 amide bonds. The van der Waals surface area contributed by atoms with Crippen LogP contribution in [0, 0.1) is 11.3 Å². The molecule has 6 heteroatoms. The Morgan fingerprint density at radius 1 is 1.42 bits per heavy atom. The van der Waals surface area contributed by atoms with Gasteiger partial charge in [0, 0.05) is 13.6 Å². The van der Waals surface area contributed by atoms with Gasteiger partial charge in [0.25, 0.3) is 0 Å². The van der Waals surface area contributed by atoms with Gasteiger partial charge in [0.05, 0.1) is 18.2 Å². The molecule has 19 heavy (non-hydrogen) atoms. The number of rotatable bonds is 4. The molecule has 1 rings (SSSR count). The summed E-state index contributed by atoms with van der Waals surface area (Å²) in [4.78, 5) is 24.2. The number of benzene rings is 1. The second-order valence-electron chi connectivity index (χ2n) is 4.11. The largest absolute Gasteiger partial charge is 0.341 e. The van der Waals surface area contributed by atoms with Crippen LogP contribution in [0.25, 0.3) is 0 Å². The quantitative estimate of drug-likeness (QED) is 0.823. The first-order valence-electron chi connectivity index (χ1n) is 5.74. The van der Waals surface area contributed by atoms with Crippen molar-refractivity contribution >= 4 is 11.9 Å². The summed E-state index contributed by atoms with van der Waals surface area (Å²) in [6.07, 6.45) is 0. The lowest BCUT2D eigenvalue weighted by atomic mass is 10.1. The lowest BCUT2D eigenvalue weighted by molar-refractivity contribution is -0.120.